The quantitative estimate of drug-likeness (QED) is 0.621. The van der Waals surface area contributed by atoms with Crippen molar-refractivity contribution >= 4 is 0 Å². The van der Waals surface area contributed by atoms with Gasteiger partial charge in [-0.15, -0.1) is 0 Å². The summed E-state index contributed by atoms with van der Waals surface area (Å²) < 4.78 is 0. The average molecular weight is 268 g/mol. The molecule has 0 radical (unpaired) electrons. The normalized spacial score (nSPS) is 16.3. The second-order valence-electron chi connectivity index (χ2n) is 5.55. The molecule has 0 bridgehead atoms. The molecule has 0 aliphatic heterocycles. The molecule has 19 heavy (non-hydrogen) atoms. The molecule has 0 aromatic heterocycles. The number of rotatable bonds is 6. The predicted octanol–water partition coefficient (Wildman–Crippen LogP) is 1.06. The molecule has 0 saturated heterocycles. The predicted molar refractivity (Wildman–Crippen MR) is 75.4 cm³/mol. The van der Waals surface area contributed by atoms with Crippen molar-refractivity contribution in [2.24, 2.45) is 0 Å². The van der Waals surface area contributed by atoms with Crippen molar-refractivity contribution in [1.29, 1.82) is 0 Å². The second kappa shape index (κ2) is 6.23. The SMILES string of the molecule is CC(NCC(C)(O)CN(C)C)c1c(O)cccc1O. The Morgan fingerprint density at radius 2 is 1.79 bits per heavy atom. The van der Waals surface area contributed by atoms with Crippen LogP contribution in [0, 0.1) is 0 Å². The third-order valence-corrected chi connectivity index (χ3v) is 2.94. The summed E-state index contributed by atoms with van der Waals surface area (Å²) in [5, 5.41) is 32.9. The molecule has 0 spiro atoms. The standard InChI is InChI=1S/C14H24N2O3/c1-10(13-11(17)6-5-7-12(13)18)15-8-14(2,19)9-16(3)4/h5-7,10,15,17-19H,8-9H2,1-4H3. The number of aliphatic hydroxyl groups is 1. The number of nitrogens with zero attached hydrogens (tertiary/aromatic N) is 1. The van der Waals surface area contributed by atoms with E-state index < -0.39 is 5.60 Å². The average Bonchev–Trinajstić information content (AvgIpc) is 2.24. The number of benzene rings is 1. The van der Waals surface area contributed by atoms with Gasteiger partial charge in [0.1, 0.15) is 11.5 Å². The van der Waals surface area contributed by atoms with Crippen molar-refractivity contribution in [2.45, 2.75) is 25.5 Å². The molecule has 0 aliphatic rings. The lowest BCUT2D eigenvalue weighted by Gasteiger charge is -2.29. The van der Waals surface area contributed by atoms with Gasteiger partial charge in [0.2, 0.25) is 0 Å². The molecule has 0 amide bonds. The Balaban J connectivity index is 2.68. The van der Waals surface area contributed by atoms with Crippen molar-refractivity contribution in [1.82, 2.24) is 10.2 Å². The Morgan fingerprint density at radius 1 is 1.26 bits per heavy atom. The van der Waals surface area contributed by atoms with Crippen LogP contribution in [0.2, 0.25) is 0 Å². The summed E-state index contributed by atoms with van der Waals surface area (Å²) in [6, 6.07) is 4.40. The minimum atomic E-state index is -0.877. The van der Waals surface area contributed by atoms with Crippen LogP contribution in [0.4, 0.5) is 0 Å². The molecule has 5 heteroatoms. The summed E-state index contributed by atoms with van der Waals surface area (Å²) in [5.74, 6) is 0.0968. The molecule has 108 valence electrons. The molecule has 0 heterocycles. The zero-order chi connectivity index (χ0) is 14.6. The van der Waals surface area contributed by atoms with E-state index in [1.54, 1.807) is 13.0 Å². The van der Waals surface area contributed by atoms with Crippen molar-refractivity contribution in [3.63, 3.8) is 0 Å². The van der Waals surface area contributed by atoms with Crippen molar-refractivity contribution in [2.75, 3.05) is 27.2 Å². The Labute approximate surface area is 114 Å². The third kappa shape index (κ3) is 4.70. The summed E-state index contributed by atoms with van der Waals surface area (Å²) in [7, 11) is 3.79. The molecule has 2 atom stereocenters. The van der Waals surface area contributed by atoms with E-state index in [-0.39, 0.29) is 17.5 Å². The van der Waals surface area contributed by atoms with Gasteiger partial charge in [0.15, 0.2) is 0 Å². The molecule has 1 rings (SSSR count). The lowest BCUT2D eigenvalue weighted by atomic mass is 10.0. The van der Waals surface area contributed by atoms with Gasteiger partial charge in [0, 0.05) is 19.1 Å². The van der Waals surface area contributed by atoms with Gasteiger partial charge in [0.05, 0.1) is 11.2 Å². The summed E-state index contributed by atoms with van der Waals surface area (Å²) in [5.41, 5.74) is -0.430. The van der Waals surface area contributed by atoms with Crippen LogP contribution >= 0.6 is 0 Å². The van der Waals surface area contributed by atoms with Crippen LogP contribution in [-0.4, -0.2) is 53.0 Å². The first-order valence-electron chi connectivity index (χ1n) is 6.34. The van der Waals surface area contributed by atoms with Gasteiger partial charge >= 0.3 is 0 Å². The van der Waals surface area contributed by atoms with Gasteiger partial charge in [0.25, 0.3) is 0 Å². The summed E-state index contributed by atoms with van der Waals surface area (Å²) in [4.78, 5) is 1.91. The van der Waals surface area contributed by atoms with E-state index >= 15 is 0 Å². The number of hydrogen-bond donors (Lipinski definition) is 4. The summed E-state index contributed by atoms with van der Waals surface area (Å²) in [6.45, 7) is 4.47. The number of hydrogen-bond acceptors (Lipinski definition) is 5. The first kappa shape index (κ1) is 15.8. The van der Waals surface area contributed by atoms with E-state index in [0.717, 1.165) is 0 Å². The Kier molecular flexibility index (Phi) is 5.17. The van der Waals surface area contributed by atoms with Crippen LogP contribution < -0.4 is 5.32 Å². The minimum absolute atomic E-state index is 0.0484. The number of likely N-dealkylation sites (N-methyl/N-ethyl adjacent to an activating group) is 1. The zero-order valence-corrected chi connectivity index (χ0v) is 12.0. The van der Waals surface area contributed by atoms with Crippen molar-refractivity contribution in [3.8, 4) is 11.5 Å². The molecule has 0 aliphatic carbocycles. The highest BCUT2D eigenvalue weighted by Crippen LogP contribution is 2.32. The molecular formula is C14H24N2O3. The van der Waals surface area contributed by atoms with E-state index in [2.05, 4.69) is 5.32 Å². The molecule has 1 aromatic carbocycles. The molecule has 5 nitrogen and oxygen atoms in total. The fraction of sp³-hybridized carbons (Fsp3) is 0.571. The molecule has 2 unspecified atom stereocenters. The van der Waals surface area contributed by atoms with Crippen LogP contribution in [0.1, 0.15) is 25.5 Å². The molecular weight excluding hydrogens is 244 g/mol. The van der Waals surface area contributed by atoms with Gasteiger partial charge in [-0.2, -0.15) is 0 Å². The number of aromatic hydroxyl groups is 2. The first-order valence-corrected chi connectivity index (χ1v) is 6.34. The van der Waals surface area contributed by atoms with E-state index in [0.29, 0.717) is 18.7 Å². The smallest absolute Gasteiger partial charge is 0.124 e. The lowest BCUT2D eigenvalue weighted by molar-refractivity contribution is 0.0316. The minimum Gasteiger partial charge on any atom is -0.507 e. The van der Waals surface area contributed by atoms with E-state index in [1.807, 2.05) is 25.9 Å². The van der Waals surface area contributed by atoms with Crippen LogP contribution in [0.25, 0.3) is 0 Å². The largest absolute Gasteiger partial charge is 0.507 e. The summed E-state index contributed by atoms with van der Waals surface area (Å²) >= 11 is 0. The van der Waals surface area contributed by atoms with E-state index in [1.165, 1.54) is 12.1 Å². The van der Waals surface area contributed by atoms with Crippen LogP contribution in [0.3, 0.4) is 0 Å². The van der Waals surface area contributed by atoms with E-state index in [9.17, 15) is 15.3 Å². The Morgan fingerprint density at radius 3 is 2.26 bits per heavy atom. The molecule has 0 saturated carbocycles. The highest BCUT2D eigenvalue weighted by atomic mass is 16.3. The van der Waals surface area contributed by atoms with Crippen LogP contribution in [-0.2, 0) is 0 Å². The number of phenolic OH excluding ortho intramolecular Hbond substituents is 2. The van der Waals surface area contributed by atoms with Gasteiger partial charge in [-0.1, -0.05) is 6.07 Å². The summed E-state index contributed by atoms with van der Waals surface area (Å²) in [6.07, 6.45) is 0. The molecule has 1 aromatic rings. The first-order chi connectivity index (χ1) is 8.73. The van der Waals surface area contributed by atoms with Crippen LogP contribution in [0.5, 0.6) is 11.5 Å². The highest BCUT2D eigenvalue weighted by Gasteiger charge is 2.23. The van der Waals surface area contributed by atoms with Gasteiger partial charge in [-0.3, -0.25) is 0 Å². The Hall–Kier alpha value is -1.30. The Bertz CT molecular complexity index is 399. The third-order valence-electron chi connectivity index (χ3n) is 2.94. The van der Waals surface area contributed by atoms with Crippen molar-refractivity contribution in [3.05, 3.63) is 23.8 Å². The topological polar surface area (TPSA) is 76.0 Å². The maximum atomic E-state index is 10.2. The maximum absolute atomic E-state index is 10.2. The zero-order valence-electron chi connectivity index (χ0n) is 12.0. The number of phenols is 2. The second-order valence-corrected chi connectivity index (χ2v) is 5.55. The number of nitrogens with one attached hydrogen (secondary N) is 1. The van der Waals surface area contributed by atoms with E-state index in [4.69, 9.17) is 0 Å². The van der Waals surface area contributed by atoms with Gasteiger partial charge in [-0.05, 0) is 40.1 Å². The van der Waals surface area contributed by atoms with Gasteiger partial charge < -0.3 is 25.5 Å². The maximum Gasteiger partial charge on any atom is 0.124 e. The molecule has 0 fully saturated rings. The monoisotopic (exact) mass is 268 g/mol. The highest BCUT2D eigenvalue weighted by molar-refractivity contribution is 5.44. The van der Waals surface area contributed by atoms with Crippen molar-refractivity contribution < 1.29 is 15.3 Å². The molecule has 4 N–H and O–H groups in total. The van der Waals surface area contributed by atoms with Gasteiger partial charge in [-0.25, -0.2) is 0 Å². The lowest BCUT2D eigenvalue weighted by Crippen LogP contribution is -2.46. The fourth-order valence-corrected chi connectivity index (χ4v) is 2.20. The van der Waals surface area contributed by atoms with Crippen LogP contribution in [0.15, 0.2) is 18.2 Å². The fourth-order valence-electron chi connectivity index (χ4n) is 2.20.